The number of anilines is 1. The first-order valence-corrected chi connectivity index (χ1v) is 9.76. The number of benzene rings is 1. The van der Waals surface area contributed by atoms with E-state index < -0.39 is 0 Å². The van der Waals surface area contributed by atoms with E-state index in [0.717, 1.165) is 57.1 Å². The fraction of sp³-hybridized carbons (Fsp3) is 0.524. The van der Waals surface area contributed by atoms with E-state index in [1.165, 1.54) is 16.8 Å². The third-order valence-electron chi connectivity index (χ3n) is 5.75. The zero-order valence-corrected chi connectivity index (χ0v) is 15.8. The lowest BCUT2D eigenvalue weighted by Gasteiger charge is -2.34. The van der Waals surface area contributed by atoms with Crippen LogP contribution in [0.1, 0.15) is 41.4 Å². The van der Waals surface area contributed by atoms with Crippen LogP contribution >= 0.6 is 0 Å². The molecular formula is C21H29N5. The Hall–Kier alpha value is -1.98. The molecule has 0 radical (unpaired) electrons. The van der Waals surface area contributed by atoms with Crippen molar-refractivity contribution in [3.63, 3.8) is 0 Å². The highest BCUT2D eigenvalue weighted by atomic mass is 15.2. The van der Waals surface area contributed by atoms with Gasteiger partial charge in [-0.25, -0.2) is 9.97 Å². The third-order valence-corrected chi connectivity index (χ3v) is 5.75. The van der Waals surface area contributed by atoms with E-state index in [1.54, 1.807) is 0 Å². The van der Waals surface area contributed by atoms with Crippen LogP contribution in [0.5, 0.6) is 0 Å². The first-order valence-electron chi connectivity index (χ1n) is 9.76. The topological polar surface area (TPSA) is 53.1 Å². The maximum absolute atomic E-state index is 4.71. The predicted molar refractivity (Wildman–Crippen MR) is 106 cm³/mol. The van der Waals surface area contributed by atoms with Gasteiger partial charge in [0.25, 0.3) is 0 Å². The number of hydrogen-bond donors (Lipinski definition) is 2. The first-order chi connectivity index (χ1) is 12.7. The van der Waals surface area contributed by atoms with Crippen LogP contribution in [0.4, 0.5) is 5.82 Å². The maximum atomic E-state index is 4.71. The van der Waals surface area contributed by atoms with Crippen molar-refractivity contribution in [2.24, 2.45) is 0 Å². The second kappa shape index (κ2) is 7.72. The number of aryl methyl sites for hydroxylation is 1. The highest BCUT2D eigenvalue weighted by Gasteiger charge is 2.23. The van der Waals surface area contributed by atoms with E-state index in [-0.39, 0.29) is 0 Å². The van der Waals surface area contributed by atoms with Crippen LogP contribution in [0.3, 0.4) is 0 Å². The molecule has 0 amide bonds. The highest BCUT2D eigenvalue weighted by molar-refractivity contribution is 5.38. The second-order valence-corrected chi connectivity index (χ2v) is 7.67. The van der Waals surface area contributed by atoms with E-state index >= 15 is 0 Å². The lowest BCUT2D eigenvalue weighted by molar-refractivity contribution is 0.224. The van der Waals surface area contributed by atoms with Gasteiger partial charge < -0.3 is 10.6 Å². The minimum atomic E-state index is 0.488. The van der Waals surface area contributed by atoms with Gasteiger partial charge in [0, 0.05) is 36.8 Å². The zero-order chi connectivity index (χ0) is 17.9. The fourth-order valence-electron chi connectivity index (χ4n) is 4.18. The maximum Gasteiger partial charge on any atom is 0.129 e. The number of hydrogen-bond acceptors (Lipinski definition) is 5. The van der Waals surface area contributed by atoms with Gasteiger partial charge >= 0.3 is 0 Å². The number of piperidine rings is 1. The van der Waals surface area contributed by atoms with Crippen LogP contribution in [0.15, 0.2) is 30.3 Å². The van der Waals surface area contributed by atoms with Crippen LogP contribution in [-0.2, 0) is 13.0 Å². The molecule has 2 aliphatic heterocycles. The molecule has 1 aromatic heterocycles. The number of rotatable bonds is 4. The Balaban J connectivity index is 1.44. The number of aromatic nitrogens is 2. The smallest absolute Gasteiger partial charge is 0.129 e. The molecule has 2 N–H and O–H groups in total. The Morgan fingerprint density at radius 3 is 2.73 bits per heavy atom. The minimum Gasteiger partial charge on any atom is -0.368 e. The molecule has 1 atom stereocenters. The van der Waals surface area contributed by atoms with Crippen molar-refractivity contribution >= 4 is 5.82 Å². The van der Waals surface area contributed by atoms with Crippen molar-refractivity contribution in [2.45, 2.75) is 44.7 Å². The van der Waals surface area contributed by atoms with Crippen LogP contribution in [0.25, 0.3) is 0 Å². The van der Waals surface area contributed by atoms with Gasteiger partial charge in [0.1, 0.15) is 11.6 Å². The molecule has 2 aromatic rings. The molecule has 26 heavy (non-hydrogen) atoms. The summed E-state index contributed by atoms with van der Waals surface area (Å²) in [6.07, 6.45) is 3.42. The van der Waals surface area contributed by atoms with E-state index in [2.05, 4.69) is 57.9 Å². The Morgan fingerprint density at radius 1 is 1.15 bits per heavy atom. The number of likely N-dealkylation sites (N-methyl/N-ethyl adjacent to an activating group) is 1. The molecule has 1 aromatic carbocycles. The van der Waals surface area contributed by atoms with Crippen molar-refractivity contribution in [1.29, 1.82) is 0 Å². The predicted octanol–water partition coefficient (Wildman–Crippen LogP) is 2.72. The standard InChI is InChI=1S/C21H29N5/c1-15-24-20(16-7-9-22-10-8-16)12-21(25-15)23-13-19-11-17-5-3-4-6-18(17)14-26(19)2/h3-6,12,16,19,22H,7-11,13-14H2,1-2H3,(H,23,24,25). The Bertz CT molecular complexity index is 754. The van der Waals surface area contributed by atoms with Crippen LogP contribution in [0, 0.1) is 6.92 Å². The molecule has 0 bridgehead atoms. The van der Waals surface area contributed by atoms with Crippen molar-refractivity contribution in [3.05, 3.63) is 53.0 Å². The molecule has 1 fully saturated rings. The summed E-state index contributed by atoms with van der Waals surface area (Å²) < 4.78 is 0. The van der Waals surface area contributed by atoms with E-state index in [9.17, 15) is 0 Å². The normalized spacial score (nSPS) is 21.4. The highest BCUT2D eigenvalue weighted by Crippen LogP contribution is 2.26. The molecule has 4 rings (SSSR count). The van der Waals surface area contributed by atoms with Gasteiger partial charge in [-0.15, -0.1) is 0 Å². The summed E-state index contributed by atoms with van der Waals surface area (Å²) in [6, 6.07) is 11.4. The molecule has 138 valence electrons. The summed E-state index contributed by atoms with van der Waals surface area (Å²) in [6.45, 7) is 6.10. The van der Waals surface area contributed by atoms with E-state index in [4.69, 9.17) is 4.98 Å². The fourth-order valence-corrected chi connectivity index (χ4v) is 4.18. The van der Waals surface area contributed by atoms with Crippen LogP contribution in [-0.4, -0.2) is 47.6 Å². The Kier molecular flexibility index (Phi) is 5.18. The molecule has 5 nitrogen and oxygen atoms in total. The van der Waals surface area contributed by atoms with Gasteiger partial charge in [0.05, 0.1) is 0 Å². The molecule has 2 aliphatic rings. The average molecular weight is 351 g/mol. The zero-order valence-electron chi connectivity index (χ0n) is 15.8. The summed E-state index contributed by atoms with van der Waals surface area (Å²) in [4.78, 5) is 11.8. The van der Waals surface area contributed by atoms with Crippen molar-refractivity contribution in [2.75, 3.05) is 32.0 Å². The van der Waals surface area contributed by atoms with E-state index in [0.29, 0.717) is 12.0 Å². The van der Waals surface area contributed by atoms with Gasteiger partial charge in [-0.2, -0.15) is 0 Å². The third kappa shape index (κ3) is 3.89. The van der Waals surface area contributed by atoms with Crippen LogP contribution < -0.4 is 10.6 Å². The average Bonchev–Trinajstić information content (AvgIpc) is 2.66. The molecule has 1 unspecified atom stereocenters. The number of fused-ring (bicyclic) bond motifs is 1. The SMILES string of the molecule is Cc1nc(NCC2Cc3ccccc3CN2C)cc(C2CCNCC2)n1. The van der Waals surface area contributed by atoms with Gasteiger partial charge in [-0.05, 0) is 57.5 Å². The van der Waals surface area contributed by atoms with Crippen molar-refractivity contribution in [3.8, 4) is 0 Å². The summed E-state index contributed by atoms with van der Waals surface area (Å²) in [5.74, 6) is 2.40. The van der Waals surface area contributed by atoms with Gasteiger partial charge in [-0.3, -0.25) is 4.90 Å². The van der Waals surface area contributed by atoms with Gasteiger partial charge in [0.2, 0.25) is 0 Å². The lowest BCUT2D eigenvalue weighted by Crippen LogP contribution is -2.42. The van der Waals surface area contributed by atoms with E-state index in [1.807, 2.05) is 6.92 Å². The lowest BCUT2D eigenvalue weighted by atomic mass is 9.94. The summed E-state index contributed by atoms with van der Waals surface area (Å²) in [5, 5.41) is 7.02. The molecule has 1 saturated heterocycles. The number of nitrogens with one attached hydrogen (secondary N) is 2. The van der Waals surface area contributed by atoms with Crippen LogP contribution in [0.2, 0.25) is 0 Å². The summed E-state index contributed by atoms with van der Waals surface area (Å²) in [5.41, 5.74) is 4.13. The molecule has 0 aliphatic carbocycles. The minimum absolute atomic E-state index is 0.488. The first kappa shape index (κ1) is 17.4. The second-order valence-electron chi connectivity index (χ2n) is 7.67. The molecule has 0 saturated carbocycles. The van der Waals surface area contributed by atoms with Gasteiger partial charge in [0.15, 0.2) is 0 Å². The summed E-state index contributed by atoms with van der Waals surface area (Å²) >= 11 is 0. The molecule has 3 heterocycles. The monoisotopic (exact) mass is 351 g/mol. The Labute approximate surface area is 156 Å². The molecule has 0 spiro atoms. The number of nitrogens with zero attached hydrogens (tertiary/aromatic N) is 3. The van der Waals surface area contributed by atoms with Crippen molar-refractivity contribution in [1.82, 2.24) is 20.2 Å². The molecule has 5 heteroatoms. The van der Waals surface area contributed by atoms with Gasteiger partial charge in [-0.1, -0.05) is 24.3 Å². The Morgan fingerprint density at radius 2 is 1.92 bits per heavy atom. The largest absolute Gasteiger partial charge is 0.368 e. The quantitative estimate of drug-likeness (QED) is 0.887. The molecular weight excluding hydrogens is 322 g/mol. The van der Waals surface area contributed by atoms with Crippen molar-refractivity contribution < 1.29 is 0 Å². The summed E-state index contributed by atoms with van der Waals surface area (Å²) in [7, 11) is 2.22.